The highest BCUT2D eigenvalue weighted by atomic mass is 15.0. The highest BCUT2D eigenvalue weighted by Gasteiger charge is 2.25. The van der Waals surface area contributed by atoms with E-state index in [1.54, 1.807) is 0 Å². The van der Waals surface area contributed by atoms with Crippen LogP contribution in [-0.4, -0.2) is 24.1 Å². The third-order valence-electron chi connectivity index (χ3n) is 2.28. The van der Waals surface area contributed by atoms with Gasteiger partial charge < -0.3 is 16.0 Å². The van der Waals surface area contributed by atoms with E-state index in [1.807, 2.05) is 12.3 Å². The van der Waals surface area contributed by atoms with Gasteiger partial charge in [0.1, 0.15) is 0 Å². The van der Waals surface area contributed by atoms with Crippen LogP contribution >= 0.6 is 0 Å². The summed E-state index contributed by atoms with van der Waals surface area (Å²) in [6, 6.07) is 4.38. The summed E-state index contributed by atoms with van der Waals surface area (Å²) in [7, 11) is 0. The molecule has 0 amide bonds. The third-order valence-corrected chi connectivity index (χ3v) is 2.28. The van der Waals surface area contributed by atoms with E-state index >= 15 is 0 Å². The molecule has 0 aliphatic carbocycles. The van der Waals surface area contributed by atoms with Crippen molar-refractivity contribution in [2.24, 2.45) is 5.73 Å². The molecule has 0 bridgehead atoms. The van der Waals surface area contributed by atoms with Crippen LogP contribution in [0.3, 0.4) is 0 Å². The van der Waals surface area contributed by atoms with Crippen molar-refractivity contribution in [1.29, 1.82) is 0 Å². The molecule has 1 aromatic rings. The molecule has 2 heterocycles. The van der Waals surface area contributed by atoms with Gasteiger partial charge in [0, 0.05) is 36.9 Å². The van der Waals surface area contributed by atoms with Crippen LogP contribution in [0.4, 0.5) is 0 Å². The van der Waals surface area contributed by atoms with E-state index in [4.69, 9.17) is 5.73 Å². The second-order valence-corrected chi connectivity index (χ2v) is 3.05. The Bertz CT molecular complexity index is 217. The van der Waals surface area contributed by atoms with Gasteiger partial charge in [-0.2, -0.15) is 0 Å². The molecule has 0 saturated carbocycles. The van der Waals surface area contributed by atoms with Crippen molar-refractivity contribution < 1.29 is 0 Å². The maximum Gasteiger partial charge on any atom is 0.0279 e. The van der Waals surface area contributed by atoms with Gasteiger partial charge in [-0.1, -0.05) is 0 Å². The number of nitrogens with two attached hydrogens (primary N) is 1. The van der Waals surface area contributed by atoms with Crippen molar-refractivity contribution in [2.45, 2.75) is 12.0 Å². The minimum atomic E-state index is 0.272. The van der Waals surface area contributed by atoms with E-state index in [2.05, 4.69) is 16.4 Å². The Balaban J connectivity index is 2.16. The van der Waals surface area contributed by atoms with E-state index in [-0.39, 0.29) is 6.04 Å². The average Bonchev–Trinajstić information content (AvgIpc) is 2.55. The first-order valence-corrected chi connectivity index (χ1v) is 3.97. The summed E-state index contributed by atoms with van der Waals surface area (Å²) in [5.74, 6) is 0.477. The van der Waals surface area contributed by atoms with Gasteiger partial charge in [-0.3, -0.25) is 0 Å². The highest BCUT2D eigenvalue weighted by molar-refractivity contribution is 5.15. The van der Waals surface area contributed by atoms with Gasteiger partial charge in [-0.05, 0) is 12.1 Å². The first-order chi connectivity index (χ1) is 5.38. The van der Waals surface area contributed by atoms with Crippen LogP contribution in [0.2, 0.25) is 0 Å². The van der Waals surface area contributed by atoms with Gasteiger partial charge in [0.05, 0.1) is 0 Å². The number of aromatic amines is 1. The fourth-order valence-corrected chi connectivity index (χ4v) is 1.61. The Hall–Kier alpha value is -0.800. The zero-order chi connectivity index (χ0) is 7.68. The fraction of sp³-hybridized carbons (Fsp3) is 0.500. The van der Waals surface area contributed by atoms with E-state index in [1.165, 1.54) is 5.69 Å². The maximum atomic E-state index is 5.89. The van der Waals surface area contributed by atoms with Crippen LogP contribution in [0.1, 0.15) is 11.6 Å². The van der Waals surface area contributed by atoms with Crippen molar-refractivity contribution in [2.75, 3.05) is 13.1 Å². The lowest BCUT2D eigenvalue weighted by atomic mass is 10.0. The minimum absolute atomic E-state index is 0.272. The van der Waals surface area contributed by atoms with Crippen molar-refractivity contribution in [3.8, 4) is 0 Å². The molecule has 2 unspecified atom stereocenters. The van der Waals surface area contributed by atoms with Crippen LogP contribution in [0.5, 0.6) is 0 Å². The number of hydrogen-bond acceptors (Lipinski definition) is 2. The van der Waals surface area contributed by atoms with Crippen molar-refractivity contribution in [3.63, 3.8) is 0 Å². The van der Waals surface area contributed by atoms with E-state index in [0.29, 0.717) is 5.92 Å². The molecule has 1 fully saturated rings. The van der Waals surface area contributed by atoms with Gasteiger partial charge in [0.25, 0.3) is 0 Å². The molecular formula is C8H13N3. The maximum absolute atomic E-state index is 5.89. The number of H-pyrrole nitrogens is 1. The lowest BCUT2D eigenvalue weighted by molar-refractivity contribution is 0.640. The number of hydrogen-bond donors (Lipinski definition) is 3. The number of aromatic nitrogens is 1. The molecule has 1 aliphatic rings. The monoisotopic (exact) mass is 151 g/mol. The van der Waals surface area contributed by atoms with Crippen LogP contribution in [0, 0.1) is 0 Å². The van der Waals surface area contributed by atoms with Crippen molar-refractivity contribution >= 4 is 0 Å². The predicted octanol–water partition coefficient (Wildman–Crippen LogP) is 0.0288. The molecule has 1 aliphatic heterocycles. The summed E-state index contributed by atoms with van der Waals surface area (Å²) in [5.41, 5.74) is 7.14. The quantitative estimate of drug-likeness (QED) is 0.530. The minimum Gasteiger partial charge on any atom is -0.365 e. The summed E-state index contributed by atoms with van der Waals surface area (Å²) in [4.78, 5) is 3.19. The Morgan fingerprint density at radius 3 is 2.91 bits per heavy atom. The molecule has 60 valence electrons. The molecule has 3 nitrogen and oxygen atoms in total. The van der Waals surface area contributed by atoms with Gasteiger partial charge in [0.15, 0.2) is 0 Å². The SMILES string of the molecule is NC1CNCC1c1ccc[nH]1. The molecule has 1 aromatic heterocycles. The molecule has 2 atom stereocenters. The van der Waals surface area contributed by atoms with Crippen LogP contribution in [-0.2, 0) is 0 Å². The molecule has 1 saturated heterocycles. The molecule has 2 rings (SSSR count). The second-order valence-electron chi connectivity index (χ2n) is 3.05. The Kier molecular flexibility index (Phi) is 1.68. The van der Waals surface area contributed by atoms with Gasteiger partial charge in [-0.15, -0.1) is 0 Å². The fourth-order valence-electron chi connectivity index (χ4n) is 1.61. The summed E-state index contributed by atoms with van der Waals surface area (Å²) >= 11 is 0. The number of nitrogens with one attached hydrogen (secondary N) is 2. The molecule has 4 N–H and O–H groups in total. The van der Waals surface area contributed by atoms with Gasteiger partial charge in [-0.25, -0.2) is 0 Å². The van der Waals surface area contributed by atoms with E-state index in [0.717, 1.165) is 13.1 Å². The largest absolute Gasteiger partial charge is 0.365 e. The van der Waals surface area contributed by atoms with Crippen LogP contribution in [0.25, 0.3) is 0 Å². The standard InChI is InChI=1S/C8H13N3/c9-7-5-10-4-6(7)8-2-1-3-11-8/h1-3,6-7,10-11H,4-5,9H2. The summed E-state index contributed by atoms with van der Waals surface area (Å²) < 4.78 is 0. The molecule has 0 radical (unpaired) electrons. The summed E-state index contributed by atoms with van der Waals surface area (Å²) in [5, 5.41) is 3.27. The molecular weight excluding hydrogens is 138 g/mol. The molecule has 11 heavy (non-hydrogen) atoms. The lowest BCUT2D eigenvalue weighted by Gasteiger charge is -2.11. The summed E-state index contributed by atoms with van der Waals surface area (Å²) in [6.45, 7) is 1.94. The molecule has 0 aromatic carbocycles. The zero-order valence-corrected chi connectivity index (χ0v) is 6.38. The molecule has 0 spiro atoms. The second kappa shape index (κ2) is 2.68. The van der Waals surface area contributed by atoms with Crippen molar-refractivity contribution in [3.05, 3.63) is 24.0 Å². The summed E-state index contributed by atoms with van der Waals surface area (Å²) in [6.07, 6.45) is 1.94. The smallest absolute Gasteiger partial charge is 0.0279 e. The molecule has 3 heteroatoms. The Morgan fingerprint density at radius 2 is 2.36 bits per heavy atom. The average molecular weight is 151 g/mol. The van der Waals surface area contributed by atoms with Gasteiger partial charge >= 0.3 is 0 Å². The Labute approximate surface area is 66.0 Å². The third kappa shape index (κ3) is 1.17. The Morgan fingerprint density at radius 1 is 1.45 bits per heavy atom. The van der Waals surface area contributed by atoms with Crippen LogP contribution in [0.15, 0.2) is 18.3 Å². The highest BCUT2D eigenvalue weighted by Crippen LogP contribution is 2.18. The van der Waals surface area contributed by atoms with E-state index < -0.39 is 0 Å². The predicted molar refractivity (Wildman–Crippen MR) is 44.4 cm³/mol. The normalized spacial score (nSPS) is 31.0. The number of rotatable bonds is 1. The lowest BCUT2D eigenvalue weighted by Crippen LogP contribution is -2.27. The topological polar surface area (TPSA) is 53.8 Å². The first-order valence-electron chi connectivity index (χ1n) is 3.97. The van der Waals surface area contributed by atoms with E-state index in [9.17, 15) is 0 Å². The van der Waals surface area contributed by atoms with Gasteiger partial charge in [0.2, 0.25) is 0 Å². The first kappa shape index (κ1) is 6.88. The van der Waals surface area contributed by atoms with Crippen LogP contribution < -0.4 is 11.1 Å². The zero-order valence-electron chi connectivity index (χ0n) is 6.38. The van der Waals surface area contributed by atoms with Crippen molar-refractivity contribution in [1.82, 2.24) is 10.3 Å².